The van der Waals surface area contributed by atoms with E-state index in [2.05, 4.69) is 14.1 Å². The van der Waals surface area contributed by atoms with Crippen molar-refractivity contribution in [2.45, 2.75) is 47.8 Å². The molecule has 0 radical (unpaired) electrons. The summed E-state index contributed by atoms with van der Waals surface area (Å²) in [5, 5.41) is 5.22. The van der Waals surface area contributed by atoms with Gasteiger partial charge in [0.2, 0.25) is 0 Å². The molecule has 3 rings (SSSR count). The highest BCUT2D eigenvalue weighted by atomic mass is 32.2. The molecule has 2 bridgehead atoms. The molecule has 0 aromatic rings. The number of alkyl halides is 2. The fraction of sp³-hybridized carbons (Fsp3) is 0.889. The highest BCUT2D eigenvalue weighted by molar-refractivity contribution is 7.96. The summed E-state index contributed by atoms with van der Waals surface area (Å²) in [5.74, 6) is -2.04. The van der Waals surface area contributed by atoms with Gasteiger partial charge in [0.05, 0.1) is 6.10 Å². The number of rotatable bonds is 5. The number of carbonyl (C=O) groups is 1. The van der Waals surface area contributed by atoms with E-state index in [1.54, 1.807) is 0 Å². The lowest BCUT2D eigenvalue weighted by Gasteiger charge is -2.27. The predicted molar refractivity (Wildman–Crippen MR) is 62.7 cm³/mol. The van der Waals surface area contributed by atoms with Gasteiger partial charge in [0.1, 0.15) is 23.7 Å². The molecule has 0 spiro atoms. The van der Waals surface area contributed by atoms with Gasteiger partial charge in [0, 0.05) is 6.42 Å². The summed E-state index contributed by atoms with van der Waals surface area (Å²) < 4.78 is 69.1. The maximum atomic E-state index is 13.4. The lowest BCUT2D eigenvalue weighted by atomic mass is 9.85. The number of carbonyl (C=O) groups excluding carboxylic acids is 1. The van der Waals surface area contributed by atoms with Crippen LogP contribution in [0.4, 0.5) is 8.78 Å². The molecule has 3 saturated heterocycles. The minimum atomic E-state index is -4.21. The maximum Gasteiger partial charge on any atom is 0.415 e. The highest BCUT2D eigenvalue weighted by Crippen LogP contribution is 2.55. The van der Waals surface area contributed by atoms with Crippen LogP contribution in [-0.4, -0.2) is 54.1 Å². The Bertz CT molecular complexity index is 596. The van der Waals surface area contributed by atoms with Crippen LogP contribution in [0.3, 0.4) is 0 Å². The molecule has 126 valence electrons. The highest BCUT2D eigenvalue weighted by Gasteiger charge is 2.74. The third-order valence-electron chi connectivity index (χ3n) is 3.93. The van der Waals surface area contributed by atoms with E-state index < -0.39 is 62.5 Å². The average molecular weight is 364 g/mol. The molecule has 5 atom stereocenters. The molecule has 3 fully saturated rings. The fourth-order valence-corrected chi connectivity index (χ4v) is 5.38. The van der Waals surface area contributed by atoms with Gasteiger partial charge in [-0.15, -0.1) is 4.33 Å². The first-order chi connectivity index (χ1) is 10.1. The van der Waals surface area contributed by atoms with Crippen molar-refractivity contribution in [3.05, 3.63) is 0 Å². The summed E-state index contributed by atoms with van der Waals surface area (Å²) in [6.45, 7) is 1.47. The number of esters is 1. The largest absolute Gasteiger partial charge is 0.453 e. The maximum absolute atomic E-state index is 13.4. The standard InChI is InChI=1S/C9H10F2O9S2/c1-8-4-2-3(17-8)5(6(8)22(14,15)18-4)16-7(12)9(10,11)21-20-19-13/h3-6,13H,2H2,1H3. The van der Waals surface area contributed by atoms with E-state index in [4.69, 9.17) is 14.2 Å². The van der Waals surface area contributed by atoms with Crippen molar-refractivity contribution < 1.29 is 50.3 Å². The Morgan fingerprint density at radius 3 is 2.82 bits per heavy atom. The smallest absolute Gasteiger partial charge is 0.415 e. The van der Waals surface area contributed by atoms with Crippen LogP contribution in [0.5, 0.6) is 0 Å². The Morgan fingerprint density at radius 2 is 2.18 bits per heavy atom. The normalized spacial score (nSPS) is 41.8. The van der Waals surface area contributed by atoms with Crippen molar-refractivity contribution in [1.29, 1.82) is 0 Å². The van der Waals surface area contributed by atoms with Gasteiger partial charge in [-0.05, 0) is 6.92 Å². The Balaban J connectivity index is 1.78. The zero-order valence-electron chi connectivity index (χ0n) is 10.8. The average Bonchev–Trinajstić information content (AvgIpc) is 2.89. The van der Waals surface area contributed by atoms with Gasteiger partial charge < -0.3 is 9.47 Å². The van der Waals surface area contributed by atoms with Gasteiger partial charge in [-0.25, -0.2) is 10.1 Å². The Hall–Kier alpha value is -0.570. The van der Waals surface area contributed by atoms with Gasteiger partial charge in [0.15, 0.2) is 11.4 Å². The van der Waals surface area contributed by atoms with Crippen molar-refractivity contribution in [3.63, 3.8) is 0 Å². The fourth-order valence-electron chi connectivity index (χ4n) is 3.10. The second kappa shape index (κ2) is 4.96. The van der Waals surface area contributed by atoms with Crippen LogP contribution in [0.2, 0.25) is 0 Å². The second-order valence-corrected chi connectivity index (χ2v) is 7.69. The minimum absolute atomic E-state index is 0.110. The van der Waals surface area contributed by atoms with Crippen LogP contribution in [0, 0.1) is 0 Å². The third-order valence-corrected chi connectivity index (χ3v) is 6.30. The predicted octanol–water partition coefficient (Wildman–Crippen LogP) is 0.219. The Morgan fingerprint density at radius 1 is 1.50 bits per heavy atom. The van der Waals surface area contributed by atoms with E-state index in [-0.39, 0.29) is 6.42 Å². The van der Waals surface area contributed by atoms with E-state index in [0.717, 1.165) is 0 Å². The summed E-state index contributed by atoms with van der Waals surface area (Å²) in [6, 6.07) is 0. The van der Waals surface area contributed by atoms with Gasteiger partial charge in [-0.2, -0.15) is 17.2 Å². The molecule has 0 saturated carbocycles. The molecule has 13 heteroatoms. The zero-order valence-corrected chi connectivity index (χ0v) is 12.4. The zero-order chi connectivity index (χ0) is 16.3. The molecule has 1 N–H and O–H groups in total. The van der Waals surface area contributed by atoms with Gasteiger partial charge in [-0.3, -0.25) is 4.18 Å². The molecule has 0 aliphatic carbocycles. The van der Waals surface area contributed by atoms with E-state index in [1.165, 1.54) is 6.92 Å². The number of halogens is 2. The van der Waals surface area contributed by atoms with Crippen LogP contribution in [0.25, 0.3) is 0 Å². The van der Waals surface area contributed by atoms with Crippen LogP contribution in [0.1, 0.15) is 13.3 Å². The van der Waals surface area contributed by atoms with Crippen LogP contribution in [-0.2, 0) is 37.9 Å². The molecule has 22 heavy (non-hydrogen) atoms. The SMILES string of the molecule is CC12OC3CC1OS(=O)(=O)C2C3OC(=O)C(F)(F)SOOO. The van der Waals surface area contributed by atoms with Crippen molar-refractivity contribution >= 4 is 28.1 Å². The monoisotopic (exact) mass is 364 g/mol. The van der Waals surface area contributed by atoms with Crippen molar-refractivity contribution in [1.82, 2.24) is 0 Å². The van der Waals surface area contributed by atoms with E-state index in [0.29, 0.717) is 0 Å². The molecule has 9 nitrogen and oxygen atoms in total. The molecular weight excluding hydrogens is 354 g/mol. The number of ether oxygens (including phenoxy) is 2. The van der Waals surface area contributed by atoms with E-state index in [9.17, 15) is 22.0 Å². The number of hydrogen-bond acceptors (Lipinski definition) is 10. The summed E-state index contributed by atoms with van der Waals surface area (Å²) in [7, 11) is -4.10. The van der Waals surface area contributed by atoms with E-state index in [1.807, 2.05) is 0 Å². The molecule has 3 aliphatic rings. The summed E-state index contributed by atoms with van der Waals surface area (Å²) in [6.07, 6.45) is -2.87. The number of hydrogen-bond donors (Lipinski definition) is 1. The molecule has 0 aromatic carbocycles. The van der Waals surface area contributed by atoms with Crippen molar-refractivity contribution in [3.8, 4) is 0 Å². The van der Waals surface area contributed by atoms with Crippen LogP contribution >= 0.6 is 12.0 Å². The second-order valence-electron chi connectivity index (χ2n) is 5.19. The van der Waals surface area contributed by atoms with E-state index >= 15 is 0 Å². The molecule has 5 unspecified atom stereocenters. The Labute approximate surface area is 127 Å². The quantitative estimate of drug-likeness (QED) is 0.239. The first kappa shape index (κ1) is 16.3. The molecule has 0 aromatic heterocycles. The minimum Gasteiger partial charge on any atom is -0.453 e. The first-order valence-electron chi connectivity index (χ1n) is 5.96. The third kappa shape index (κ3) is 2.23. The van der Waals surface area contributed by atoms with Gasteiger partial charge in [-0.1, -0.05) is 5.04 Å². The van der Waals surface area contributed by atoms with Crippen LogP contribution in [0.15, 0.2) is 0 Å². The molecular formula is C9H10F2O9S2. The van der Waals surface area contributed by atoms with Crippen LogP contribution < -0.4 is 0 Å². The summed E-state index contributed by atoms with van der Waals surface area (Å²) in [4.78, 5) is 11.5. The topological polar surface area (TPSA) is 118 Å². The van der Waals surface area contributed by atoms with Crippen molar-refractivity contribution in [2.75, 3.05) is 0 Å². The number of fused-ring (bicyclic) bond motifs is 1. The summed E-state index contributed by atoms with van der Waals surface area (Å²) in [5.41, 5.74) is -1.23. The Kier molecular flexibility index (Phi) is 3.67. The lowest BCUT2D eigenvalue weighted by molar-refractivity contribution is -0.433. The summed E-state index contributed by atoms with van der Waals surface area (Å²) >= 11 is -0.793. The molecule has 0 amide bonds. The first-order valence-corrected chi connectivity index (χ1v) is 8.18. The van der Waals surface area contributed by atoms with Crippen molar-refractivity contribution in [2.24, 2.45) is 0 Å². The molecule has 3 aliphatic heterocycles. The van der Waals surface area contributed by atoms with Gasteiger partial charge in [0.25, 0.3) is 10.1 Å². The molecule has 3 heterocycles. The van der Waals surface area contributed by atoms with Gasteiger partial charge >= 0.3 is 11.2 Å². The lowest BCUT2D eigenvalue weighted by Crippen LogP contribution is -2.50.